The van der Waals surface area contributed by atoms with Crippen LogP contribution in [0.2, 0.25) is 0 Å². The standard InChI is InChI=1S/C10H11F2NO3/c1-5(13)8(14)6-3-2-4-7-9(6)16-10(11,12)15-7/h2-5,8,14H,13H2,1H3/t5-,8-/m0/s1. The van der Waals surface area contributed by atoms with Crippen LogP contribution in [0, 0.1) is 0 Å². The van der Waals surface area contributed by atoms with Crippen LogP contribution in [-0.2, 0) is 0 Å². The van der Waals surface area contributed by atoms with Crippen molar-refractivity contribution in [1.82, 2.24) is 0 Å². The molecule has 0 unspecified atom stereocenters. The van der Waals surface area contributed by atoms with Gasteiger partial charge in [-0.2, -0.15) is 0 Å². The smallest absolute Gasteiger partial charge is 0.395 e. The Kier molecular flexibility index (Phi) is 2.47. The number of para-hydroxylation sites is 1. The van der Waals surface area contributed by atoms with Gasteiger partial charge in [0, 0.05) is 11.6 Å². The van der Waals surface area contributed by atoms with Crippen LogP contribution in [0.4, 0.5) is 8.78 Å². The molecule has 1 aliphatic rings. The Morgan fingerprint density at radius 3 is 2.69 bits per heavy atom. The monoisotopic (exact) mass is 231 g/mol. The second-order valence-corrected chi connectivity index (χ2v) is 3.65. The second kappa shape index (κ2) is 3.57. The Hall–Kier alpha value is -1.40. The Labute approximate surface area is 90.6 Å². The molecule has 2 atom stereocenters. The first-order valence-electron chi connectivity index (χ1n) is 4.73. The van der Waals surface area contributed by atoms with Crippen molar-refractivity contribution in [1.29, 1.82) is 0 Å². The van der Waals surface area contributed by atoms with E-state index in [0.717, 1.165) is 0 Å². The zero-order valence-corrected chi connectivity index (χ0v) is 8.48. The summed E-state index contributed by atoms with van der Waals surface area (Å²) in [5.74, 6) is -0.250. The van der Waals surface area contributed by atoms with Gasteiger partial charge in [0.1, 0.15) is 0 Å². The van der Waals surface area contributed by atoms with Crippen LogP contribution < -0.4 is 15.2 Å². The fourth-order valence-corrected chi connectivity index (χ4v) is 1.51. The van der Waals surface area contributed by atoms with Gasteiger partial charge in [-0.3, -0.25) is 0 Å². The molecule has 0 saturated heterocycles. The first kappa shape index (κ1) is 11.1. The molecule has 0 radical (unpaired) electrons. The van der Waals surface area contributed by atoms with Crippen LogP contribution in [0.5, 0.6) is 11.5 Å². The predicted octanol–water partition coefficient (Wildman–Crippen LogP) is 1.39. The molecule has 0 aliphatic carbocycles. The average Bonchev–Trinajstić information content (AvgIpc) is 2.49. The SMILES string of the molecule is C[C@H](N)[C@H](O)c1cccc2c1OC(F)(F)O2. The van der Waals surface area contributed by atoms with Gasteiger partial charge in [-0.05, 0) is 13.0 Å². The number of aliphatic hydroxyl groups excluding tert-OH is 1. The summed E-state index contributed by atoms with van der Waals surface area (Å²) in [6.07, 6.45) is -4.76. The summed E-state index contributed by atoms with van der Waals surface area (Å²) in [6, 6.07) is 3.71. The maximum absolute atomic E-state index is 12.8. The van der Waals surface area contributed by atoms with Gasteiger partial charge in [0.2, 0.25) is 0 Å². The quantitative estimate of drug-likeness (QED) is 0.807. The number of alkyl halides is 2. The molecular weight excluding hydrogens is 220 g/mol. The average molecular weight is 231 g/mol. The van der Waals surface area contributed by atoms with E-state index >= 15 is 0 Å². The molecule has 0 amide bonds. The lowest BCUT2D eigenvalue weighted by molar-refractivity contribution is -0.287. The maximum atomic E-state index is 12.8. The minimum atomic E-state index is -3.68. The van der Waals surface area contributed by atoms with Gasteiger partial charge < -0.3 is 20.3 Å². The van der Waals surface area contributed by atoms with E-state index in [0.29, 0.717) is 0 Å². The second-order valence-electron chi connectivity index (χ2n) is 3.65. The molecule has 0 spiro atoms. The van der Waals surface area contributed by atoms with Crippen LogP contribution >= 0.6 is 0 Å². The number of halogens is 2. The van der Waals surface area contributed by atoms with Gasteiger partial charge in [0.25, 0.3) is 0 Å². The number of fused-ring (bicyclic) bond motifs is 1. The van der Waals surface area contributed by atoms with Crippen molar-refractivity contribution in [3.05, 3.63) is 23.8 Å². The lowest BCUT2D eigenvalue weighted by Crippen LogP contribution is -2.27. The number of benzene rings is 1. The number of hydrogen-bond acceptors (Lipinski definition) is 4. The lowest BCUT2D eigenvalue weighted by atomic mass is 10.0. The predicted molar refractivity (Wildman–Crippen MR) is 51.3 cm³/mol. The highest BCUT2D eigenvalue weighted by Crippen LogP contribution is 2.45. The van der Waals surface area contributed by atoms with Crippen LogP contribution in [0.15, 0.2) is 18.2 Å². The summed E-state index contributed by atoms with van der Waals surface area (Å²) in [4.78, 5) is 0. The van der Waals surface area contributed by atoms with Crippen molar-refractivity contribution in [3.63, 3.8) is 0 Å². The van der Waals surface area contributed by atoms with Crippen LogP contribution in [0.3, 0.4) is 0 Å². The first-order chi connectivity index (χ1) is 7.41. The normalized spacial score (nSPS) is 20.6. The van der Waals surface area contributed by atoms with Crippen molar-refractivity contribution in [2.24, 2.45) is 5.73 Å². The number of rotatable bonds is 2. The minimum Gasteiger partial charge on any atom is -0.395 e. The van der Waals surface area contributed by atoms with E-state index < -0.39 is 18.4 Å². The first-order valence-corrected chi connectivity index (χ1v) is 4.73. The number of hydrogen-bond donors (Lipinski definition) is 2. The summed E-state index contributed by atoms with van der Waals surface area (Å²) in [5.41, 5.74) is 5.69. The van der Waals surface area contributed by atoms with E-state index in [4.69, 9.17) is 5.73 Å². The molecule has 4 nitrogen and oxygen atoms in total. The van der Waals surface area contributed by atoms with Crippen LogP contribution in [0.25, 0.3) is 0 Å². The zero-order valence-electron chi connectivity index (χ0n) is 8.48. The third-order valence-corrected chi connectivity index (χ3v) is 2.28. The molecule has 88 valence electrons. The van der Waals surface area contributed by atoms with E-state index in [-0.39, 0.29) is 17.1 Å². The summed E-state index contributed by atoms with van der Waals surface area (Å²) < 4.78 is 34.2. The molecule has 1 aromatic carbocycles. The highest BCUT2D eigenvalue weighted by atomic mass is 19.3. The van der Waals surface area contributed by atoms with Crippen LogP contribution in [-0.4, -0.2) is 17.4 Å². The summed E-state index contributed by atoms with van der Waals surface area (Å²) in [6.45, 7) is 1.57. The largest absolute Gasteiger partial charge is 0.586 e. The number of aliphatic hydroxyl groups is 1. The molecule has 1 aliphatic heterocycles. The molecule has 0 aromatic heterocycles. The highest BCUT2D eigenvalue weighted by molar-refractivity contribution is 5.50. The number of nitrogens with two attached hydrogens (primary N) is 1. The summed E-state index contributed by atoms with van der Waals surface area (Å²) in [7, 11) is 0. The van der Waals surface area contributed by atoms with Crippen molar-refractivity contribution in [3.8, 4) is 11.5 Å². The molecule has 3 N–H and O–H groups in total. The Morgan fingerprint density at radius 2 is 2.06 bits per heavy atom. The Bertz CT molecular complexity index is 409. The van der Waals surface area contributed by atoms with Crippen molar-refractivity contribution in [2.45, 2.75) is 25.4 Å². The molecule has 6 heteroatoms. The van der Waals surface area contributed by atoms with Gasteiger partial charge in [-0.15, -0.1) is 8.78 Å². The number of ether oxygens (including phenoxy) is 2. The van der Waals surface area contributed by atoms with Crippen molar-refractivity contribution in [2.75, 3.05) is 0 Å². The van der Waals surface area contributed by atoms with E-state index in [1.54, 1.807) is 6.92 Å². The van der Waals surface area contributed by atoms with E-state index in [1.807, 2.05) is 0 Å². The fourth-order valence-electron chi connectivity index (χ4n) is 1.51. The van der Waals surface area contributed by atoms with E-state index in [9.17, 15) is 13.9 Å². The van der Waals surface area contributed by atoms with Crippen molar-refractivity contribution >= 4 is 0 Å². The maximum Gasteiger partial charge on any atom is 0.586 e. The fraction of sp³-hybridized carbons (Fsp3) is 0.400. The van der Waals surface area contributed by atoms with Gasteiger partial charge in [-0.1, -0.05) is 12.1 Å². The van der Waals surface area contributed by atoms with E-state index in [2.05, 4.69) is 9.47 Å². The topological polar surface area (TPSA) is 64.7 Å². The van der Waals surface area contributed by atoms with E-state index in [1.165, 1.54) is 18.2 Å². The van der Waals surface area contributed by atoms with Gasteiger partial charge in [0.05, 0.1) is 6.10 Å². The molecule has 0 bridgehead atoms. The molecule has 1 heterocycles. The molecular formula is C10H11F2NO3. The molecule has 16 heavy (non-hydrogen) atoms. The van der Waals surface area contributed by atoms with Crippen molar-refractivity contribution < 1.29 is 23.4 Å². The minimum absolute atomic E-state index is 0.0952. The zero-order chi connectivity index (χ0) is 11.9. The van der Waals surface area contributed by atoms with Gasteiger partial charge >= 0.3 is 6.29 Å². The third kappa shape index (κ3) is 1.81. The van der Waals surface area contributed by atoms with Gasteiger partial charge in [-0.25, -0.2) is 0 Å². The molecule has 0 fully saturated rings. The summed E-state index contributed by atoms with van der Waals surface area (Å²) >= 11 is 0. The molecule has 2 rings (SSSR count). The highest BCUT2D eigenvalue weighted by Gasteiger charge is 2.45. The third-order valence-electron chi connectivity index (χ3n) is 2.28. The Morgan fingerprint density at radius 1 is 1.38 bits per heavy atom. The molecule has 1 aromatic rings. The molecule has 0 saturated carbocycles. The Balaban J connectivity index is 2.41. The summed E-state index contributed by atoms with van der Waals surface area (Å²) in [5, 5.41) is 9.73. The van der Waals surface area contributed by atoms with Crippen LogP contribution in [0.1, 0.15) is 18.6 Å². The van der Waals surface area contributed by atoms with Gasteiger partial charge in [0.15, 0.2) is 11.5 Å². The lowest BCUT2D eigenvalue weighted by Gasteiger charge is -2.16.